The highest BCUT2D eigenvalue weighted by Gasteiger charge is 2.37. The molecule has 0 saturated carbocycles. The zero-order valence-corrected chi connectivity index (χ0v) is 12.7. The van der Waals surface area contributed by atoms with Gasteiger partial charge >= 0.3 is 0 Å². The van der Waals surface area contributed by atoms with E-state index in [0.717, 1.165) is 38.5 Å². The summed E-state index contributed by atoms with van der Waals surface area (Å²) in [5.41, 5.74) is 6.37. The van der Waals surface area contributed by atoms with Gasteiger partial charge in [0.05, 0.1) is 0 Å². The number of likely N-dealkylation sites (tertiary alicyclic amines) is 1. The Morgan fingerprint density at radius 3 is 2.58 bits per heavy atom. The molecule has 4 nitrogen and oxygen atoms in total. The summed E-state index contributed by atoms with van der Waals surface area (Å²) >= 11 is 0. The van der Waals surface area contributed by atoms with Crippen LogP contribution in [0, 0.1) is 5.92 Å². The van der Waals surface area contributed by atoms with E-state index in [9.17, 15) is 0 Å². The van der Waals surface area contributed by atoms with Crippen LogP contribution >= 0.6 is 0 Å². The fraction of sp³-hybridized carbons (Fsp3) is 1.00. The lowest BCUT2D eigenvalue weighted by atomic mass is 9.85. The Morgan fingerprint density at radius 2 is 1.95 bits per heavy atom. The van der Waals surface area contributed by atoms with Crippen molar-refractivity contribution in [3.05, 3.63) is 0 Å². The smallest absolute Gasteiger partial charge is 0.0484 e. The van der Waals surface area contributed by atoms with Crippen LogP contribution in [-0.2, 0) is 4.74 Å². The SMILES string of the molecule is CN(C)CC1CCN(C2(CN)CCCOCC2)CC1. The van der Waals surface area contributed by atoms with E-state index in [1.807, 2.05) is 0 Å². The van der Waals surface area contributed by atoms with Gasteiger partial charge in [0.1, 0.15) is 0 Å². The molecule has 2 aliphatic heterocycles. The zero-order chi connectivity index (χ0) is 13.7. The molecule has 112 valence electrons. The van der Waals surface area contributed by atoms with Crippen molar-refractivity contribution in [3.63, 3.8) is 0 Å². The first-order valence-corrected chi connectivity index (χ1v) is 7.84. The molecule has 19 heavy (non-hydrogen) atoms. The maximum atomic E-state index is 6.15. The minimum absolute atomic E-state index is 0.222. The number of hydrogen-bond donors (Lipinski definition) is 1. The van der Waals surface area contributed by atoms with Gasteiger partial charge in [-0.2, -0.15) is 0 Å². The number of nitrogens with zero attached hydrogens (tertiary/aromatic N) is 2. The van der Waals surface area contributed by atoms with Gasteiger partial charge in [0.25, 0.3) is 0 Å². The summed E-state index contributed by atoms with van der Waals surface area (Å²) < 4.78 is 5.63. The third-order valence-corrected chi connectivity index (χ3v) is 4.93. The summed E-state index contributed by atoms with van der Waals surface area (Å²) in [5.74, 6) is 0.864. The average molecular weight is 269 g/mol. The predicted molar refractivity (Wildman–Crippen MR) is 79.3 cm³/mol. The Bertz CT molecular complexity index is 254. The van der Waals surface area contributed by atoms with E-state index in [4.69, 9.17) is 10.5 Å². The predicted octanol–water partition coefficient (Wildman–Crippen LogP) is 1.16. The highest BCUT2D eigenvalue weighted by molar-refractivity contribution is 4.94. The number of hydrogen-bond acceptors (Lipinski definition) is 4. The molecule has 4 heteroatoms. The van der Waals surface area contributed by atoms with Crippen molar-refractivity contribution < 1.29 is 4.74 Å². The van der Waals surface area contributed by atoms with Crippen LogP contribution in [0.25, 0.3) is 0 Å². The van der Waals surface area contributed by atoms with Crippen LogP contribution in [0.5, 0.6) is 0 Å². The van der Waals surface area contributed by atoms with Gasteiger partial charge in [-0.25, -0.2) is 0 Å². The highest BCUT2D eigenvalue weighted by Crippen LogP contribution is 2.31. The zero-order valence-electron chi connectivity index (χ0n) is 12.7. The van der Waals surface area contributed by atoms with Gasteiger partial charge in [0.15, 0.2) is 0 Å². The van der Waals surface area contributed by atoms with Gasteiger partial charge in [-0.1, -0.05) is 0 Å². The maximum absolute atomic E-state index is 6.15. The quantitative estimate of drug-likeness (QED) is 0.831. The summed E-state index contributed by atoms with van der Waals surface area (Å²) in [5, 5.41) is 0. The monoisotopic (exact) mass is 269 g/mol. The first-order valence-electron chi connectivity index (χ1n) is 7.84. The van der Waals surface area contributed by atoms with Crippen LogP contribution in [0.4, 0.5) is 0 Å². The van der Waals surface area contributed by atoms with Crippen molar-refractivity contribution in [1.82, 2.24) is 9.80 Å². The lowest BCUT2D eigenvalue weighted by molar-refractivity contribution is 0.0332. The molecule has 0 aromatic carbocycles. The molecule has 2 fully saturated rings. The largest absolute Gasteiger partial charge is 0.381 e. The molecule has 2 heterocycles. The van der Waals surface area contributed by atoms with Gasteiger partial charge in [-0.3, -0.25) is 4.90 Å². The van der Waals surface area contributed by atoms with Gasteiger partial charge in [0.2, 0.25) is 0 Å². The van der Waals surface area contributed by atoms with Crippen molar-refractivity contribution in [2.75, 3.05) is 53.5 Å². The molecule has 0 amide bonds. The maximum Gasteiger partial charge on any atom is 0.0484 e. The van der Waals surface area contributed by atoms with Crippen LogP contribution in [0.15, 0.2) is 0 Å². The minimum Gasteiger partial charge on any atom is -0.381 e. The van der Waals surface area contributed by atoms with Gasteiger partial charge in [-0.05, 0) is 65.2 Å². The Labute approximate surface area is 118 Å². The van der Waals surface area contributed by atoms with Crippen molar-refractivity contribution in [1.29, 1.82) is 0 Å². The minimum atomic E-state index is 0.222. The van der Waals surface area contributed by atoms with Crippen molar-refractivity contribution in [2.45, 2.75) is 37.6 Å². The normalized spacial score (nSPS) is 31.6. The van der Waals surface area contributed by atoms with E-state index in [2.05, 4.69) is 23.9 Å². The molecule has 2 saturated heterocycles. The molecule has 0 bridgehead atoms. The van der Waals surface area contributed by atoms with Gasteiger partial charge in [0, 0.05) is 31.8 Å². The third-order valence-electron chi connectivity index (χ3n) is 4.93. The average Bonchev–Trinajstić information content (AvgIpc) is 2.65. The first kappa shape index (κ1) is 15.2. The molecule has 0 radical (unpaired) electrons. The molecule has 0 spiro atoms. The third kappa shape index (κ3) is 3.91. The van der Waals surface area contributed by atoms with E-state index >= 15 is 0 Å². The topological polar surface area (TPSA) is 41.7 Å². The van der Waals surface area contributed by atoms with Crippen LogP contribution in [0.3, 0.4) is 0 Å². The first-order chi connectivity index (χ1) is 9.16. The summed E-state index contributed by atoms with van der Waals surface area (Å²) in [6.07, 6.45) is 6.13. The number of nitrogens with two attached hydrogens (primary N) is 1. The molecule has 0 aliphatic carbocycles. The van der Waals surface area contributed by atoms with Crippen LogP contribution in [-0.4, -0.2) is 68.8 Å². The van der Waals surface area contributed by atoms with Crippen molar-refractivity contribution in [3.8, 4) is 0 Å². The molecule has 0 aromatic rings. The summed E-state index contributed by atoms with van der Waals surface area (Å²) in [4.78, 5) is 4.99. The van der Waals surface area contributed by atoms with E-state index < -0.39 is 0 Å². The van der Waals surface area contributed by atoms with E-state index in [1.54, 1.807) is 0 Å². The number of piperidine rings is 1. The highest BCUT2D eigenvalue weighted by atomic mass is 16.5. The van der Waals surface area contributed by atoms with Crippen LogP contribution in [0.2, 0.25) is 0 Å². The Morgan fingerprint density at radius 1 is 1.21 bits per heavy atom. The fourth-order valence-corrected chi connectivity index (χ4v) is 3.75. The second-order valence-corrected chi connectivity index (χ2v) is 6.59. The Balaban J connectivity index is 1.90. The van der Waals surface area contributed by atoms with Gasteiger partial charge < -0.3 is 15.4 Å². The van der Waals surface area contributed by atoms with Gasteiger partial charge in [-0.15, -0.1) is 0 Å². The number of ether oxygens (including phenoxy) is 1. The standard InChI is InChI=1S/C15H31N3O/c1-17(2)12-14-4-8-18(9-5-14)15(13-16)6-3-10-19-11-7-15/h14H,3-13,16H2,1-2H3. The molecular weight excluding hydrogens is 238 g/mol. The molecule has 1 atom stereocenters. The summed E-state index contributed by atoms with van der Waals surface area (Å²) in [6.45, 7) is 6.25. The van der Waals surface area contributed by atoms with E-state index in [0.29, 0.717) is 0 Å². The Hall–Kier alpha value is -0.160. The molecule has 2 aliphatic rings. The number of rotatable bonds is 4. The molecular formula is C15H31N3O. The van der Waals surface area contributed by atoms with Crippen molar-refractivity contribution in [2.24, 2.45) is 11.7 Å². The van der Waals surface area contributed by atoms with Crippen LogP contribution in [0.1, 0.15) is 32.1 Å². The molecule has 2 N–H and O–H groups in total. The molecule has 1 unspecified atom stereocenters. The molecule has 2 rings (SSSR count). The van der Waals surface area contributed by atoms with E-state index in [1.165, 1.54) is 38.9 Å². The fourth-order valence-electron chi connectivity index (χ4n) is 3.75. The lowest BCUT2D eigenvalue weighted by Crippen LogP contribution is -2.56. The second-order valence-electron chi connectivity index (χ2n) is 6.59. The summed E-state index contributed by atoms with van der Waals surface area (Å²) in [7, 11) is 4.35. The van der Waals surface area contributed by atoms with Crippen LogP contribution < -0.4 is 5.73 Å². The van der Waals surface area contributed by atoms with E-state index in [-0.39, 0.29) is 5.54 Å². The second kappa shape index (κ2) is 7.02. The lowest BCUT2D eigenvalue weighted by Gasteiger charge is -2.46. The Kier molecular flexibility index (Phi) is 5.63. The van der Waals surface area contributed by atoms with Crippen molar-refractivity contribution >= 4 is 0 Å². The molecule has 0 aromatic heterocycles. The summed E-state index contributed by atoms with van der Waals surface area (Å²) in [6, 6.07) is 0.